The maximum atomic E-state index is 13.2. The van der Waals surface area contributed by atoms with E-state index in [-0.39, 0.29) is 11.9 Å². The van der Waals surface area contributed by atoms with Crippen LogP contribution in [0.1, 0.15) is 12.5 Å². The van der Waals surface area contributed by atoms with Gasteiger partial charge >= 0.3 is 0 Å². The Labute approximate surface area is 88.6 Å². The minimum absolute atomic E-state index is 0.161. The lowest BCUT2D eigenvalue weighted by Gasteiger charge is -2.09. The number of rotatable bonds is 4. The summed E-state index contributed by atoms with van der Waals surface area (Å²) in [5, 5.41) is 3.65. The number of hydrogen-bond donors (Lipinski definition) is 1. The molecule has 0 fully saturated rings. The lowest BCUT2D eigenvalue weighted by molar-refractivity contribution is 0.573. The van der Waals surface area contributed by atoms with E-state index >= 15 is 0 Å². The zero-order valence-electron chi connectivity index (χ0n) is 8.06. The van der Waals surface area contributed by atoms with E-state index in [4.69, 9.17) is 11.6 Å². The van der Waals surface area contributed by atoms with Gasteiger partial charge in [0.15, 0.2) is 0 Å². The molecule has 0 aromatic heterocycles. The number of hydrogen-bond acceptors (Lipinski definition) is 1. The maximum absolute atomic E-state index is 13.2. The van der Waals surface area contributed by atoms with E-state index in [1.54, 1.807) is 12.1 Å². The molecule has 0 amide bonds. The highest BCUT2D eigenvalue weighted by molar-refractivity contribution is 6.30. The van der Waals surface area contributed by atoms with Crippen molar-refractivity contribution in [1.29, 1.82) is 0 Å². The van der Waals surface area contributed by atoms with Gasteiger partial charge in [0, 0.05) is 23.2 Å². The fourth-order valence-corrected chi connectivity index (χ4v) is 1.23. The van der Waals surface area contributed by atoms with Crippen molar-refractivity contribution in [3.05, 3.63) is 47.3 Å². The number of halogens is 2. The van der Waals surface area contributed by atoms with Gasteiger partial charge in [0.2, 0.25) is 0 Å². The standard InChI is InChI=1S/C11H13ClFN/c1-3-8(2)14-7-9-6-10(12)4-5-11(9)13/h3-6,8,14H,1,7H2,2H3. The van der Waals surface area contributed by atoms with E-state index in [2.05, 4.69) is 11.9 Å². The van der Waals surface area contributed by atoms with Crippen molar-refractivity contribution in [2.45, 2.75) is 19.5 Å². The lowest BCUT2D eigenvalue weighted by Crippen LogP contribution is -2.23. The summed E-state index contributed by atoms with van der Waals surface area (Å²) in [6.45, 7) is 6.04. The third-order valence-corrected chi connectivity index (χ3v) is 2.21. The summed E-state index contributed by atoms with van der Waals surface area (Å²) in [4.78, 5) is 0. The Hall–Kier alpha value is -0.860. The zero-order chi connectivity index (χ0) is 10.6. The number of benzene rings is 1. The summed E-state index contributed by atoms with van der Waals surface area (Å²) in [6.07, 6.45) is 1.77. The van der Waals surface area contributed by atoms with E-state index in [1.165, 1.54) is 12.1 Å². The van der Waals surface area contributed by atoms with Gasteiger partial charge in [-0.25, -0.2) is 4.39 Å². The fraction of sp³-hybridized carbons (Fsp3) is 0.273. The molecule has 0 spiro atoms. The molecule has 76 valence electrons. The van der Waals surface area contributed by atoms with Gasteiger partial charge in [0.05, 0.1) is 0 Å². The van der Waals surface area contributed by atoms with Crippen molar-refractivity contribution >= 4 is 11.6 Å². The molecule has 0 aliphatic rings. The minimum atomic E-state index is -0.238. The molecule has 0 bridgehead atoms. The highest BCUT2D eigenvalue weighted by atomic mass is 35.5. The monoisotopic (exact) mass is 213 g/mol. The summed E-state index contributed by atoms with van der Waals surface area (Å²) < 4.78 is 13.2. The lowest BCUT2D eigenvalue weighted by atomic mass is 10.2. The molecule has 1 rings (SSSR count). The second-order valence-electron chi connectivity index (χ2n) is 3.14. The van der Waals surface area contributed by atoms with E-state index in [1.807, 2.05) is 6.92 Å². The Morgan fingerprint density at radius 1 is 1.64 bits per heavy atom. The van der Waals surface area contributed by atoms with Crippen molar-refractivity contribution in [1.82, 2.24) is 5.32 Å². The van der Waals surface area contributed by atoms with Gasteiger partial charge in [-0.2, -0.15) is 0 Å². The second-order valence-corrected chi connectivity index (χ2v) is 3.58. The fourth-order valence-electron chi connectivity index (χ4n) is 1.03. The first-order chi connectivity index (χ1) is 6.63. The van der Waals surface area contributed by atoms with Gasteiger partial charge in [-0.1, -0.05) is 17.7 Å². The Morgan fingerprint density at radius 3 is 3.00 bits per heavy atom. The van der Waals surface area contributed by atoms with Crippen molar-refractivity contribution in [3.8, 4) is 0 Å². The predicted molar refractivity (Wildman–Crippen MR) is 57.9 cm³/mol. The zero-order valence-corrected chi connectivity index (χ0v) is 8.81. The molecular formula is C11H13ClFN. The van der Waals surface area contributed by atoms with E-state index in [0.29, 0.717) is 17.1 Å². The Morgan fingerprint density at radius 2 is 2.36 bits per heavy atom. The van der Waals surface area contributed by atoms with Gasteiger partial charge in [0.1, 0.15) is 5.82 Å². The Balaban J connectivity index is 2.66. The van der Waals surface area contributed by atoms with Gasteiger partial charge in [-0.05, 0) is 25.1 Å². The molecule has 0 aliphatic carbocycles. The summed E-state index contributed by atoms with van der Waals surface area (Å²) in [6, 6.07) is 4.70. The largest absolute Gasteiger partial charge is 0.307 e. The van der Waals surface area contributed by atoms with Crippen LogP contribution in [0.25, 0.3) is 0 Å². The van der Waals surface area contributed by atoms with Crippen LogP contribution in [-0.4, -0.2) is 6.04 Å². The van der Waals surface area contributed by atoms with Crippen LogP contribution in [0.15, 0.2) is 30.9 Å². The summed E-state index contributed by atoms with van der Waals surface area (Å²) in [5.41, 5.74) is 0.575. The molecule has 0 saturated carbocycles. The van der Waals surface area contributed by atoms with Crippen molar-refractivity contribution in [2.75, 3.05) is 0 Å². The Kier molecular flexibility index (Phi) is 4.11. The molecule has 1 aromatic carbocycles. The molecule has 0 aliphatic heterocycles. The predicted octanol–water partition coefficient (Wildman–Crippen LogP) is 3.14. The molecule has 1 aromatic rings. The maximum Gasteiger partial charge on any atom is 0.127 e. The molecule has 1 atom stereocenters. The van der Waals surface area contributed by atoms with Crippen LogP contribution in [0.3, 0.4) is 0 Å². The Bertz CT molecular complexity index is 325. The summed E-state index contributed by atoms with van der Waals surface area (Å²) in [7, 11) is 0. The molecule has 0 heterocycles. The molecule has 1 nitrogen and oxygen atoms in total. The quantitative estimate of drug-likeness (QED) is 0.758. The normalized spacial score (nSPS) is 12.5. The van der Waals surface area contributed by atoms with E-state index in [9.17, 15) is 4.39 Å². The van der Waals surface area contributed by atoms with E-state index in [0.717, 1.165) is 0 Å². The summed E-state index contributed by atoms with van der Waals surface area (Å²) in [5.74, 6) is -0.238. The first-order valence-electron chi connectivity index (χ1n) is 4.43. The second kappa shape index (κ2) is 5.13. The molecule has 0 saturated heterocycles. The number of nitrogens with one attached hydrogen (secondary N) is 1. The van der Waals surface area contributed by atoms with Crippen LogP contribution in [0.2, 0.25) is 5.02 Å². The highest BCUT2D eigenvalue weighted by Crippen LogP contribution is 2.14. The van der Waals surface area contributed by atoms with Crippen LogP contribution in [-0.2, 0) is 6.54 Å². The molecule has 3 heteroatoms. The topological polar surface area (TPSA) is 12.0 Å². The average molecular weight is 214 g/mol. The van der Waals surface area contributed by atoms with Gasteiger partial charge < -0.3 is 5.32 Å². The smallest absolute Gasteiger partial charge is 0.127 e. The van der Waals surface area contributed by atoms with Crippen molar-refractivity contribution < 1.29 is 4.39 Å². The van der Waals surface area contributed by atoms with Crippen LogP contribution in [0, 0.1) is 5.82 Å². The third kappa shape index (κ3) is 3.13. The van der Waals surface area contributed by atoms with Gasteiger partial charge in [0.25, 0.3) is 0 Å². The molecule has 0 radical (unpaired) electrons. The molecule has 1 unspecified atom stereocenters. The highest BCUT2D eigenvalue weighted by Gasteiger charge is 2.03. The molecule has 1 N–H and O–H groups in total. The average Bonchev–Trinajstić information content (AvgIpc) is 2.19. The van der Waals surface area contributed by atoms with E-state index < -0.39 is 0 Å². The molecular weight excluding hydrogens is 201 g/mol. The van der Waals surface area contributed by atoms with Gasteiger partial charge in [-0.3, -0.25) is 0 Å². The van der Waals surface area contributed by atoms with Gasteiger partial charge in [-0.15, -0.1) is 6.58 Å². The SMILES string of the molecule is C=CC(C)NCc1cc(Cl)ccc1F. The van der Waals surface area contributed by atoms with Crippen molar-refractivity contribution in [2.24, 2.45) is 0 Å². The minimum Gasteiger partial charge on any atom is -0.307 e. The van der Waals surface area contributed by atoms with Crippen LogP contribution < -0.4 is 5.32 Å². The van der Waals surface area contributed by atoms with Crippen molar-refractivity contribution in [3.63, 3.8) is 0 Å². The van der Waals surface area contributed by atoms with Crippen LogP contribution >= 0.6 is 11.6 Å². The summed E-state index contributed by atoms with van der Waals surface area (Å²) >= 11 is 5.75. The first-order valence-corrected chi connectivity index (χ1v) is 4.81. The van der Waals surface area contributed by atoms with Crippen LogP contribution in [0.4, 0.5) is 4.39 Å². The first kappa shape index (κ1) is 11.2. The third-order valence-electron chi connectivity index (χ3n) is 1.98. The van der Waals surface area contributed by atoms with Crippen LogP contribution in [0.5, 0.6) is 0 Å². The molecule has 14 heavy (non-hydrogen) atoms.